The lowest BCUT2D eigenvalue weighted by Crippen LogP contribution is -2.03. The molecule has 0 aliphatic carbocycles. The lowest BCUT2D eigenvalue weighted by molar-refractivity contribution is -0.110. The summed E-state index contributed by atoms with van der Waals surface area (Å²) in [4.78, 5) is 12.4. The molecule has 2 N–H and O–H groups in total. The van der Waals surface area contributed by atoms with Gasteiger partial charge >= 0.3 is 0 Å². The summed E-state index contributed by atoms with van der Waals surface area (Å²) >= 11 is 6.97. The number of nitrogens with one attached hydrogen (secondary N) is 1. The first-order valence-electron chi connectivity index (χ1n) is 6.81. The fraction of sp³-hybridized carbons (Fsp3) is 0.118. The molecule has 2 aromatic rings. The minimum Gasteiger partial charge on any atom is -0.507 e. The molecular formula is C17H13Br2NO3. The van der Waals surface area contributed by atoms with Gasteiger partial charge in [0.25, 0.3) is 5.91 Å². The van der Waals surface area contributed by atoms with Gasteiger partial charge < -0.3 is 15.2 Å². The lowest BCUT2D eigenvalue weighted by atomic mass is 9.99. The average molecular weight is 439 g/mol. The van der Waals surface area contributed by atoms with Gasteiger partial charge in [-0.1, -0.05) is 15.9 Å². The number of methoxy groups -OCH3 is 1. The molecule has 0 atom stereocenters. The second kappa shape index (κ2) is 6.02. The Bertz CT molecular complexity index is 859. The van der Waals surface area contributed by atoms with E-state index < -0.39 is 0 Å². The van der Waals surface area contributed by atoms with Crippen molar-refractivity contribution in [1.82, 2.24) is 0 Å². The van der Waals surface area contributed by atoms with Crippen LogP contribution in [0.1, 0.15) is 16.7 Å². The zero-order chi connectivity index (χ0) is 16.7. The van der Waals surface area contributed by atoms with Gasteiger partial charge in [-0.25, -0.2) is 0 Å². The molecule has 118 valence electrons. The topological polar surface area (TPSA) is 58.6 Å². The predicted octanol–water partition coefficient (Wildman–Crippen LogP) is 4.73. The molecule has 6 heteroatoms. The number of ether oxygens (including phenoxy) is 1. The van der Waals surface area contributed by atoms with E-state index in [1.54, 1.807) is 31.4 Å². The molecule has 0 saturated carbocycles. The Morgan fingerprint density at radius 1 is 1.22 bits per heavy atom. The summed E-state index contributed by atoms with van der Waals surface area (Å²) in [5, 5.41) is 12.9. The Labute approximate surface area is 150 Å². The highest BCUT2D eigenvalue weighted by molar-refractivity contribution is 9.11. The van der Waals surface area contributed by atoms with Crippen molar-refractivity contribution < 1.29 is 14.6 Å². The third-order valence-corrected chi connectivity index (χ3v) is 5.21. The smallest absolute Gasteiger partial charge is 0.256 e. The van der Waals surface area contributed by atoms with E-state index in [-0.39, 0.29) is 11.7 Å². The molecule has 0 radical (unpaired) electrons. The summed E-state index contributed by atoms with van der Waals surface area (Å²) in [6.45, 7) is 1.94. The lowest BCUT2D eigenvalue weighted by Gasteiger charge is -2.09. The number of aromatic hydroxyl groups is 1. The predicted molar refractivity (Wildman–Crippen MR) is 97.7 cm³/mol. The van der Waals surface area contributed by atoms with Crippen LogP contribution >= 0.6 is 31.9 Å². The van der Waals surface area contributed by atoms with Gasteiger partial charge in [-0.05, 0) is 58.8 Å². The number of carbonyl (C=O) groups is 1. The number of anilines is 1. The van der Waals surface area contributed by atoms with Crippen LogP contribution < -0.4 is 10.1 Å². The van der Waals surface area contributed by atoms with Crippen LogP contribution in [0.5, 0.6) is 11.5 Å². The quantitative estimate of drug-likeness (QED) is 0.666. The van der Waals surface area contributed by atoms with Crippen LogP contribution in [0, 0.1) is 6.92 Å². The van der Waals surface area contributed by atoms with E-state index in [2.05, 4.69) is 37.2 Å². The van der Waals surface area contributed by atoms with Crippen molar-refractivity contribution in [3.63, 3.8) is 0 Å². The van der Waals surface area contributed by atoms with Gasteiger partial charge in [0.15, 0.2) is 0 Å². The van der Waals surface area contributed by atoms with Crippen molar-refractivity contribution in [3.8, 4) is 11.5 Å². The van der Waals surface area contributed by atoms with E-state index in [4.69, 9.17) is 4.74 Å². The first kappa shape index (κ1) is 16.1. The molecule has 1 aliphatic heterocycles. The molecular weight excluding hydrogens is 426 g/mol. The second-order valence-electron chi connectivity index (χ2n) is 5.15. The number of amides is 1. The second-order valence-corrected chi connectivity index (χ2v) is 6.86. The van der Waals surface area contributed by atoms with E-state index >= 15 is 0 Å². The van der Waals surface area contributed by atoms with Crippen LogP contribution in [0.25, 0.3) is 11.6 Å². The highest BCUT2D eigenvalue weighted by Gasteiger charge is 2.29. The average Bonchev–Trinajstić information content (AvgIpc) is 2.85. The van der Waals surface area contributed by atoms with Crippen LogP contribution in [0.3, 0.4) is 0 Å². The number of phenols is 1. The molecule has 2 aromatic carbocycles. The number of halogens is 2. The summed E-state index contributed by atoms with van der Waals surface area (Å²) in [6.07, 6.45) is 1.67. The number of carbonyl (C=O) groups excluding carboxylic acids is 1. The maximum atomic E-state index is 12.4. The van der Waals surface area contributed by atoms with Gasteiger partial charge in [-0.3, -0.25) is 4.79 Å². The standard InChI is InChI=1S/C17H13Br2NO3/c1-8-12(18)7-13(19)16-15(8)11(17(22)20-16)6-9-5-10(23-2)3-4-14(9)21/h3-7,21H,1-2H3,(H,20,22). The Kier molecular flexibility index (Phi) is 4.21. The minimum absolute atomic E-state index is 0.0891. The van der Waals surface area contributed by atoms with E-state index in [1.165, 1.54) is 0 Å². The van der Waals surface area contributed by atoms with E-state index in [9.17, 15) is 9.90 Å². The number of hydrogen-bond donors (Lipinski definition) is 2. The van der Waals surface area contributed by atoms with Crippen LogP contribution in [0.2, 0.25) is 0 Å². The highest BCUT2D eigenvalue weighted by Crippen LogP contribution is 2.43. The summed E-state index contributed by atoms with van der Waals surface area (Å²) < 4.78 is 6.88. The van der Waals surface area contributed by atoms with Crippen molar-refractivity contribution >= 4 is 55.1 Å². The molecule has 0 bridgehead atoms. The highest BCUT2D eigenvalue weighted by atomic mass is 79.9. The van der Waals surface area contributed by atoms with Gasteiger partial charge in [0, 0.05) is 20.1 Å². The van der Waals surface area contributed by atoms with Crippen LogP contribution in [-0.4, -0.2) is 18.1 Å². The Hall–Kier alpha value is -1.79. The Morgan fingerprint density at radius 2 is 1.96 bits per heavy atom. The van der Waals surface area contributed by atoms with E-state index in [0.717, 1.165) is 25.8 Å². The Balaban J connectivity index is 2.22. The summed E-state index contributed by atoms with van der Waals surface area (Å²) in [5.74, 6) is 0.496. The van der Waals surface area contributed by atoms with Crippen molar-refractivity contribution in [3.05, 3.63) is 49.9 Å². The van der Waals surface area contributed by atoms with Crippen LogP contribution in [0.15, 0.2) is 33.2 Å². The van der Waals surface area contributed by atoms with Gasteiger partial charge in [0.1, 0.15) is 11.5 Å². The number of rotatable bonds is 2. The van der Waals surface area contributed by atoms with Gasteiger partial charge in [-0.2, -0.15) is 0 Å². The minimum atomic E-state index is -0.205. The van der Waals surface area contributed by atoms with Crippen molar-refractivity contribution in [2.24, 2.45) is 0 Å². The SMILES string of the molecule is COc1ccc(O)c(C=C2C(=O)Nc3c(Br)cc(Br)c(C)c32)c1. The molecule has 1 aliphatic rings. The fourth-order valence-electron chi connectivity index (χ4n) is 2.54. The monoisotopic (exact) mass is 437 g/mol. The molecule has 4 nitrogen and oxygen atoms in total. The van der Waals surface area contributed by atoms with Gasteiger partial charge in [0.05, 0.1) is 18.4 Å². The summed E-state index contributed by atoms with van der Waals surface area (Å²) in [5.41, 5.74) is 3.54. The van der Waals surface area contributed by atoms with Gasteiger partial charge in [-0.15, -0.1) is 0 Å². The number of phenolic OH excluding ortho intramolecular Hbond substituents is 1. The third-order valence-electron chi connectivity index (χ3n) is 3.76. The largest absolute Gasteiger partial charge is 0.507 e. The van der Waals surface area contributed by atoms with Crippen molar-refractivity contribution in [2.75, 3.05) is 12.4 Å². The van der Waals surface area contributed by atoms with Gasteiger partial charge in [0.2, 0.25) is 0 Å². The molecule has 0 spiro atoms. The number of benzene rings is 2. The van der Waals surface area contributed by atoms with Crippen LogP contribution in [-0.2, 0) is 4.79 Å². The summed E-state index contributed by atoms with van der Waals surface area (Å²) in [7, 11) is 1.55. The van der Waals surface area contributed by atoms with E-state index in [1.807, 2.05) is 13.0 Å². The first-order valence-corrected chi connectivity index (χ1v) is 8.40. The summed E-state index contributed by atoms with van der Waals surface area (Å²) in [6, 6.07) is 6.80. The molecule has 1 heterocycles. The molecule has 0 saturated heterocycles. The Morgan fingerprint density at radius 3 is 2.65 bits per heavy atom. The first-order chi connectivity index (χ1) is 10.9. The molecule has 23 heavy (non-hydrogen) atoms. The third kappa shape index (κ3) is 2.77. The molecule has 0 unspecified atom stereocenters. The molecule has 0 fully saturated rings. The fourth-order valence-corrected chi connectivity index (χ4v) is 3.80. The maximum Gasteiger partial charge on any atom is 0.256 e. The number of hydrogen-bond acceptors (Lipinski definition) is 3. The molecule has 0 aromatic heterocycles. The zero-order valence-electron chi connectivity index (χ0n) is 12.4. The molecule has 1 amide bonds. The number of fused-ring (bicyclic) bond motifs is 1. The normalized spacial score (nSPS) is 14.8. The van der Waals surface area contributed by atoms with Crippen molar-refractivity contribution in [2.45, 2.75) is 6.92 Å². The van der Waals surface area contributed by atoms with E-state index in [0.29, 0.717) is 16.9 Å². The zero-order valence-corrected chi connectivity index (χ0v) is 15.6. The molecule has 3 rings (SSSR count). The van der Waals surface area contributed by atoms with Crippen molar-refractivity contribution in [1.29, 1.82) is 0 Å². The van der Waals surface area contributed by atoms with Crippen LogP contribution in [0.4, 0.5) is 5.69 Å². The maximum absolute atomic E-state index is 12.4.